The molecule has 1 aliphatic heterocycles. The first-order valence-corrected chi connectivity index (χ1v) is 5.75. The molecule has 1 aromatic rings. The zero-order valence-corrected chi connectivity index (χ0v) is 10.1. The minimum atomic E-state index is -0.471. The van der Waals surface area contributed by atoms with E-state index in [-0.39, 0.29) is 5.91 Å². The molecule has 86 valence electrons. The Balaban J connectivity index is 2.60. The Kier molecular flexibility index (Phi) is 2.72. The molecule has 0 aliphatic carbocycles. The molecule has 0 saturated heterocycles. The van der Waals surface area contributed by atoms with Crippen LogP contribution in [-0.2, 0) is 4.79 Å². The molecule has 3 heteroatoms. The monoisotopic (exact) mass is 218 g/mol. The lowest BCUT2D eigenvalue weighted by Gasteiger charge is -2.18. The summed E-state index contributed by atoms with van der Waals surface area (Å²) >= 11 is 0. The number of nitrogens with two attached hydrogens (primary N) is 1. The van der Waals surface area contributed by atoms with E-state index in [0.29, 0.717) is 0 Å². The van der Waals surface area contributed by atoms with Gasteiger partial charge in [-0.05, 0) is 31.4 Å². The van der Waals surface area contributed by atoms with Crippen molar-refractivity contribution in [2.45, 2.75) is 33.2 Å². The van der Waals surface area contributed by atoms with Gasteiger partial charge in [-0.2, -0.15) is 0 Å². The Morgan fingerprint density at radius 3 is 2.56 bits per heavy atom. The minimum absolute atomic E-state index is 0.0363. The van der Waals surface area contributed by atoms with Crippen molar-refractivity contribution in [3.63, 3.8) is 0 Å². The highest BCUT2D eigenvalue weighted by Gasteiger charge is 2.36. The highest BCUT2D eigenvalue weighted by molar-refractivity contribution is 6.05. The van der Waals surface area contributed by atoms with E-state index in [1.165, 1.54) is 0 Å². The minimum Gasteiger partial charge on any atom is -0.316 e. The second kappa shape index (κ2) is 3.91. The number of hydrogen-bond donors (Lipinski definition) is 1. The van der Waals surface area contributed by atoms with Gasteiger partial charge in [0.2, 0.25) is 5.91 Å². The van der Waals surface area contributed by atoms with E-state index >= 15 is 0 Å². The zero-order valence-electron chi connectivity index (χ0n) is 10.1. The molecule has 1 atom stereocenters. The highest BCUT2D eigenvalue weighted by Crippen LogP contribution is 2.39. The third-order valence-corrected chi connectivity index (χ3v) is 3.20. The van der Waals surface area contributed by atoms with Gasteiger partial charge in [0, 0.05) is 12.1 Å². The Morgan fingerprint density at radius 2 is 1.94 bits per heavy atom. The molecule has 0 spiro atoms. The van der Waals surface area contributed by atoms with Crippen LogP contribution in [-0.4, -0.2) is 12.5 Å². The van der Waals surface area contributed by atoms with Gasteiger partial charge in [-0.3, -0.25) is 4.79 Å². The van der Waals surface area contributed by atoms with Crippen LogP contribution in [0, 0.1) is 13.8 Å². The third kappa shape index (κ3) is 1.43. The predicted octanol–water partition coefficient (Wildman–Crippen LogP) is 2.06. The summed E-state index contributed by atoms with van der Waals surface area (Å²) in [5.74, 6) is 0.0363. The van der Waals surface area contributed by atoms with Crippen LogP contribution in [0.1, 0.15) is 36.1 Å². The van der Waals surface area contributed by atoms with Crippen molar-refractivity contribution in [1.82, 2.24) is 0 Å². The fourth-order valence-electron chi connectivity index (χ4n) is 2.42. The van der Waals surface area contributed by atoms with Crippen LogP contribution in [0.2, 0.25) is 0 Å². The fraction of sp³-hybridized carbons (Fsp3) is 0.462. The van der Waals surface area contributed by atoms with Crippen LogP contribution >= 0.6 is 0 Å². The molecule has 1 aromatic carbocycles. The smallest absolute Gasteiger partial charge is 0.248 e. The summed E-state index contributed by atoms with van der Waals surface area (Å²) in [6.07, 6.45) is 0.950. The lowest BCUT2D eigenvalue weighted by molar-refractivity contribution is -0.119. The first-order valence-electron chi connectivity index (χ1n) is 5.75. The topological polar surface area (TPSA) is 46.3 Å². The normalized spacial score (nSPS) is 19.1. The largest absolute Gasteiger partial charge is 0.316 e. The van der Waals surface area contributed by atoms with Crippen LogP contribution in [0.4, 0.5) is 5.69 Å². The second-order valence-corrected chi connectivity index (χ2v) is 4.43. The number of rotatable bonds is 2. The maximum atomic E-state index is 12.1. The van der Waals surface area contributed by atoms with Crippen molar-refractivity contribution < 1.29 is 4.79 Å². The van der Waals surface area contributed by atoms with Gasteiger partial charge in [-0.25, -0.2) is 0 Å². The van der Waals surface area contributed by atoms with E-state index in [0.717, 1.165) is 35.3 Å². The van der Waals surface area contributed by atoms with E-state index in [9.17, 15) is 4.79 Å². The summed E-state index contributed by atoms with van der Waals surface area (Å²) in [4.78, 5) is 13.9. The quantitative estimate of drug-likeness (QED) is 0.826. The molecule has 1 amide bonds. The molecule has 0 aromatic heterocycles. The molecular formula is C13H18N2O. The number of aryl methyl sites for hydroxylation is 2. The molecule has 0 fully saturated rings. The number of anilines is 1. The Hall–Kier alpha value is -1.35. The van der Waals surface area contributed by atoms with E-state index < -0.39 is 6.04 Å². The Bertz CT molecular complexity index is 440. The summed E-state index contributed by atoms with van der Waals surface area (Å²) in [7, 11) is 0. The lowest BCUT2D eigenvalue weighted by atomic mass is 10.00. The lowest BCUT2D eigenvalue weighted by Crippen LogP contribution is -2.32. The number of hydrogen-bond acceptors (Lipinski definition) is 2. The molecule has 1 aliphatic rings. The zero-order chi connectivity index (χ0) is 11.9. The van der Waals surface area contributed by atoms with E-state index in [1.807, 2.05) is 24.8 Å². The summed E-state index contributed by atoms with van der Waals surface area (Å²) < 4.78 is 0. The third-order valence-electron chi connectivity index (χ3n) is 3.20. The fourth-order valence-corrected chi connectivity index (χ4v) is 2.42. The summed E-state index contributed by atoms with van der Waals surface area (Å²) in [6, 6.07) is 3.63. The molecular weight excluding hydrogens is 200 g/mol. The van der Waals surface area contributed by atoms with Crippen molar-refractivity contribution in [2.24, 2.45) is 5.73 Å². The highest BCUT2D eigenvalue weighted by atomic mass is 16.2. The van der Waals surface area contributed by atoms with Crippen LogP contribution < -0.4 is 10.6 Å². The van der Waals surface area contributed by atoms with Crippen molar-refractivity contribution in [1.29, 1.82) is 0 Å². The maximum Gasteiger partial charge on any atom is 0.248 e. The predicted molar refractivity (Wildman–Crippen MR) is 65.5 cm³/mol. The average Bonchev–Trinajstić information content (AvgIpc) is 2.50. The molecule has 2 N–H and O–H groups in total. The molecule has 0 bridgehead atoms. The van der Waals surface area contributed by atoms with Gasteiger partial charge in [0.05, 0.1) is 5.69 Å². The molecule has 2 rings (SSSR count). The molecule has 0 saturated carbocycles. The molecule has 1 unspecified atom stereocenters. The first-order chi connectivity index (χ1) is 7.57. The Morgan fingerprint density at radius 1 is 1.31 bits per heavy atom. The van der Waals surface area contributed by atoms with E-state index in [1.54, 1.807) is 0 Å². The summed E-state index contributed by atoms with van der Waals surface area (Å²) in [5.41, 5.74) is 10.3. The second-order valence-electron chi connectivity index (χ2n) is 4.43. The van der Waals surface area contributed by atoms with Crippen LogP contribution in [0.3, 0.4) is 0 Å². The van der Waals surface area contributed by atoms with Crippen molar-refractivity contribution in [2.75, 3.05) is 11.4 Å². The van der Waals surface area contributed by atoms with Gasteiger partial charge in [0.1, 0.15) is 6.04 Å². The van der Waals surface area contributed by atoms with E-state index in [2.05, 4.69) is 13.0 Å². The Labute approximate surface area is 96.2 Å². The number of fused-ring (bicyclic) bond motifs is 1. The van der Waals surface area contributed by atoms with Gasteiger partial charge in [-0.15, -0.1) is 0 Å². The molecule has 1 heterocycles. The molecule has 16 heavy (non-hydrogen) atoms. The molecule has 0 radical (unpaired) electrons. The summed E-state index contributed by atoms with van der Waals surface area (Å²) in [5, 5.41) is 0. The molecule has 3 nitrogen and oxygen atoms in total. The van der Waals surface area contributed by atoms with Crippen molar-refractivity contribution in [3.05, 3.63) is 28.8 Å². The number of benzene rings is 1. The number of amides is 1. The van der Waals surface area contributed by atoms with Crippen LogP contribution in [0.5, 0.6) is 0 Å². The van der Waals surface area contributed by atoms with Crippen LogP contribution in [0.15, 0.2) is 12.1 Å². The number of carbonyl (C=O) groups is 1. The van der Waals surface area contributed by atoms with Gasteiger partial charge >= 0.3 is 0 Å². The van der Waals surface area contributed by atoms with E-state index in [4.69, 9.17) is 5.73 Å². The number of carbonyl (C=O) groups excluding carboxylic acids is 1. The van der Waals surface area contributed by atoms with Gasteiger partial charge < -0.3 is 10.6 Å². The number of nitrogens with zero attached hydrogens (tertiary/aromatic N) is 1. The van der Waals surface area contributed by atoms with Crippen molar-refractivity contribution in [3.8, 4) is 0 Å². The average molecular weight is 218 g/mol. The maximum absolute atomic E-state index is 12.1. The summed E-state index contributed by atoms with van der Waals surface area (Å²) in [6.45, 7) is 6.87. The van der Waals surface area contributed by atoms with Gasteiger partial charge in [-0.1, -0.05) is 19.1 Å². The van der Waals surface area contributed by atoms with Gasteiger partial charge in [0.15, 0.2) is 0 Å². The SMILES string of the molecule is CCCN1C(=O)C(N)c2c(C)ccc(C)c21. The van der Waals surface area contributed by atoms with Gasteiger partial charge in [0.25, 0.3) is 0 Å². The standard InChI is InChI=1S/C13H18N2O/c1-4-7-15-12-9(3)6-5-8(2)10(12)11(14)13(15)16/h5-6,11H,4,7,14H2,1-3H3. The van der Waals surface area contributed by atoms with Crippen LogP contribution in [0.25, 0.3) is 0 Å². The first kappa shape index (κ1) is 11.1. The van der Waals surface area contributed by atoms with Crippen molar-refractivity contribution >= 4 is 11.6 Å².